The summed E-state index contributed by atoms with van der Waals surface area (Å²) in [5, 5.41) is 2.83. The van der Waals surface area contributed by atoms with Crippen molar-refractivity contribution in [2.75, 3.05) is 7.11 Å². The highest BCUT2D eigenvalue weighted by Crippen LogP contribution is 2.20. The molecule has 0 heterocycles. The maximum absolute atomic E-state index is 11.9. The standard InChI is InChI=1S/C17H31NO4/c1-12(2)11-13(18-15(20)22-16(3,4)5)9-10-17(6,7)14(19)21-8/h9-10,12-13H,11H2,1-8H3,(H,18,20)/b10-9+/t13-/m1/s1. The number of methoxy groups -OCH3 is 1. The molecule has 0 aromatic carbocycles. The fourth-order valence-electron chi connectivity index (χ4n) is 1.84. The van der Waals surface area contributed by atoms with Gasteiger partial charge in [0.15, 0.2) is 0 Å². The molecular weight excluding hydrogens is 282 g/mol. The Hall–Kier alpha value is -1.52. The summed E-state index contributed by atoms with van der Waals surface area (Å²) in [7, 11) is 1.36. The highest BCUT2D eigenvalue weighted by molar-refractivity contribution is 5.78. The van der Waals surface area contributed by atoms with Gasteiger partial charge in [-0.2, -0.15) is 0 Å². The van der Waals surface area contributed by atoms with E-state index in [2.05, 4.69) is 19.2 Å². The lowest BCUT2D eigenvalue weighted by atomic mass is 9.91. The minimum atomic E-state index is -0.737. The zero-order chi connectivity index (χ0) is 17.6. The Balaban J connectivity index is 4.92. The monoisotopic (exact) mass is 313 g/mol. The van der Waals surface area contributed by atoms with Gasteiger partial charge in [0.05, 0.1) is 18.6 Å². The Kier molecular flexibility index (Phi) is 7.64. The number of rotatable bonds is 6. The summed E-state index contributed by atoms with van der Waals surface area (Å²) in [5.74, 6) is 0.0788. The first-order valence-corrected chi connectivity index (χ1v) is 7.64. The molecule has 0 aromatic rings. The molecule has 128 valence electrons. The zero-order valence-electron chi connectivity index (χ0n) is 15.1. The average molecular weight is 313 g/mol. The van der Waals surface area contributed by atoms with Gasteiger partial charge >= 0.3 is 12.1 Å². The molecule has 1 amide bonds. The highest BCUT2D eigenvalue weighted by Gasteiger charge is 2.26. The molecule has 0 radical (unpaired) electrons. The van der Waals surface area contributed by atoms with E-state index in [1.807, 2.05) is 26.8 Å². The van der Waals surface area contributed by atoms with Crippen LogP contribution in [0.3, 0.4) is 0 Å². The number of hydrogen-bond acceptors (Lipinski definition) is 4. The van der Waals surface area contributed by atoms with E-state index >= 15 is 0 Å². The van der Waals surface area contributed by atoms with Crippen molar-refractivity contribution in [2.24, 2.45) is 11.3 Å². The molecule has 0 saturated heterocycles. The summed E-state index contributed by atoms with van der Waals surface area (Å²) in [6.45, 7) is 13.2. The van der Waals surface area contributed by atoms with Crippen molar-refractivity contribution in [1.29, 1.82) is 0 Å². The van der Waals surface area contributed by atoms with Crippen LogP contribution < -0.4 is 5.32 Å². The van der Waals surface area contributed by atoms with Crippen LogP contribution in [-0.2, 0) is 14.3 Å². The van der Waals surface area contributed by atoms with E-state index in [4.69, 9.17) is 9.47 Å². The van der Waals surface area contributed by atoms with Crippen LogP contribution in [0.2, 0.25) is 0 Å². The molecule has 1 N–H and O–H groups in total. The molecule has 0 aliphatic rings. The molecule has 0 fully saturated rings. The first kappa shape index (κ1) is 20.5. The number of alkyl carbamates (subject to hydrolysis) is 1. The summed E-state index contributed by atoms with van der Waals surface area (Å²) < 4.78 is 10.0. The number of carbonyl (C=O) groups is 2. The predicted molar refractivity (Wildman–Crippen MR) is 87.5 cm³/mol. The van der Waals surface area contributed by atoms with Crippen LogP contribution >= 0.6 is 0 Å². The van der Waals surface area contributed by atoms with E-state index in [1.165, 1.54) is 7.11 Å². The number of carbonyl (C=O) groups excluding carboxylic acids is 2. The summed E-state index contributed by atoms with van der Waals surface area (Å²) in [6, 6.07) is -0.196. The Morgan fingerprint density at radius 2 is 1.68 bits per heavy atom. The zero-order valence-corrected chi connectivity index (χ0v) is 15.1. The van der Waals surface area contributed by atoms with E-state index < -0.39 is 17.1 Å². The maximum atomic E-state index is 11.9. The molecule has 0 aliphatic carbocycles. The average Bonchev–Trinajstić information content (AvgIpc) is 2.31. The summed E-state index contributed by atoms with van der Waals surface area (Å²) in [4.78, 5) is 23.6. The number of amides is 1. The van der Waals surface area contributed by atoms with Crippen LogP contribution in [0.4, 0.5) is 4.79 Å². The van der Waals surface area contributed by atoms with E-state index in [9.17, 15) is 9.59 Å². The van der Waals surface area contributed by atoms with Crippen LogP contribution in [-0.4, -0.2) is 30.8 Å². The molecule has 0 bridgehead atoms. The van der Waals surface area contributed by atoms with Crippen molar-refractivity contribution in [3.8, 4) is 0 Å². The van der Waals surface area contributed by atoms with Crippen LogP contribution in [0.25, 0.3) is 0 Å². The number of nitrogens with one attached hydrogen (secondary N) is 1. The molecule has 0 aromatic heterocycles. The van der Waals surface area contributed by atoms with Gasteiger partial charge in [0, 0.05) is 0 Å². The largest absolute Gasteiger partial charge is 0.468 e. The Morgan fingerprint density at radius 1 is 1.14 bits per heavy atom. The topological polar surface area (TPSA) is 64.6 Å². The van der Waals surface area contributed by atoms with Gasteiger partial charge in [-0.25, -0.2) is 4.79 Å². The van der Waals surface area contributed by atoms with Crippen molar-refractivity contribution in [3.05, 3.63) is 12.2 Å². The molecule has 5 nitrogen and oxygen atoms in total. The minimum Gasteiger partial charge on any atom is -0.468 e. The van der Waals surface area contributed by atoms with Crippen molar-refractivity contribution >= 4 is 12.1 Å². The van der Waals surface area contributed by atoms with Crippen LogP contribution in [0.15, 0.2) is 12.2 Å². The lowest BCUT2D eigenvalue weighted by molar-refractivity contribution is -0.148. The van der Waals surface area contributed by atoms with E-state index in [1.54, 1.807) is 19.9 Å². The smallest absolute Gasteiger partial charge is 0.408 e. The Labute approximate surface area is 134 Å². The first-order chi connectivity index (χ1) is 9.87. The lowest BCUT2D eigenvalue weighted by Crippen LogP contribution is -2.39. The lowest BCUT2D eigenvalue weighted by Gasteiger charge is -2.24. The maximum Gasteiger partial charge on any atom is 0.408 e. The fourth-order valence-corrected chi connectivity index (χ4v) is 1.84. The summed E-state index contributed by atoms with van der Waals surface area (Å²) in [6.07, 6.45) is 3.90. The van der Waals surface area contributed by atoms with Crippen molar-refractivity contribution in [3.63, 3.8) is 0 Å². The molecule has 0 spiro atoms. The van der Waals surface area contributed by atoms with Gasteiger partial charge < -0.3 is 14.8 Å². The summed E-state index contributed by atoms with van der Waals surface area (Å²) in [5.41, 5.74) is -1.28. The van der Waals surface area contributed by atoms with Gasteiger partial charge in [0.1, 0.15) is 5.60 Å². The third-order valence-electron chi connectivity index (χ3n) is 2.88. The highest BCUT2D eigenvalue weighted by atomic mass is 16.6. The predicted octanol–water partition coefficient (Wildman–Crippen LogP) is 3.68. The van der Waals surface area contributed by atoms with E-state index in [0.717, 1.165) is 6.42 Å². The Morgan fingerprint density at radius 3 is 2.09 bits per heavy atom. The SMILES string of the molecule is COC(=O)C(C)(C)/C=C/[C@H](CC(C)C)NC(=O)OC(C)(C)C. The third-order valence-corrected chi connectivity index (χ3v) is 2.88. The van der Waals surface area contributed by atoms with Crippen molar-refractivity contribution in [1.82, 2.24) is 5.32 Å². The van der Waals surface area contributed by atoms with Crippen molar-refractivity contribution < 1.29 is 19.1 Å². The van der Waals surface area contributed by atoms with Gasteiger partial charge in [-0.05, 0) is 47.0 Å². The van der Waals surface area contributed by atoms with Gasteiger partial charge in [0.25, 0.3) is 0 Å². The summed E-state index contributed by atoms with van der Waals surface area (Å²) >= 11 is 0. The molecule has 0 rings (SSSR count). The van der Waals surface area contributed by atoms with Gasteiger partial charge in [-0.3, -0.25) is 4.79 Å². The van der Waals surface area contributed by atoms with Crippen LogP contribution in [0, 0.1) is 11.3 Å². The van der Waals surface area contributed by atoms with Gasteiger partial charge in [-0.1, -0.05) is 26.0 Å². The second kappa shape index (κ2) is 8.20. The molecular formula is C17H31NO4. The number of esters is 1. The molecule has 0 unspecified atom stereocenters. The quantitative estimate of drug-likeness (QED) is 0.600. The number of hydrogen-bond donors (Lipinski definition) is 1. The Bertz CT molecular complexity index is 405. The van der Waals surface area contributed by atoms with E-state index in [0.29, 0.717) is 5.92 Å². The molecule has 1 atom stereocenters. The molecule has 5 heteroatoms. The van der Waals surface area contributed by atoms with Crippen LogP contribution in [0.5, 0.6) is 0 Å². The first-order valence-electron chi connectivity index (χ1n) is 7.64. The molecule has 22 heavy (non-hydrogen) atoms. The second-order valence-corrected chi connectivity index (χ2v) is 7.45. The molecule has 0 saturated carbocycles. The van der Waals surface area contributed by atoms with Gasteiger partial charge in [-0.15, -0.1) is 0 Å². The normalized spacial score (nSPS) is 14.0. The van der Waals surface area contributed by atoms with Crippen molar-refractivity contribution in [2.45, 2.75) is 66.5 Å². The van der Waals surface area contributed by atoms with E-state index in [-0.39, 0.29) is 12.0 Å². The van der Waals surface area contributed by atoms with Gasteiger partial charge in [0.2, 0.25) is 0 Å². The molecule has 0 aliphatic heterocycles. The fraction of sp³-hybridized carbons (Fsp3) is 0.765. The third kappa shape index (κ3) is 8.70. The number of ether oxygens (including phenoxy) is 2. The second-order valence-electron chi connectivity index (χ2n) is 7.45. The minimum absolute atomic E-state index is 0.196. The van der Waals surface area contributed by atoms with Crippen LogP contribution in [0.1, 0.15) is 54.9 Å².